The molecule has 16 heavy (non-hydrogen) atoms. The molecule has 0 spiro atoms. The quantitative estimate of drug-likeness (QED) is 0.852. The highest BCUT2D eigenvalue weighted by molar-refractivity contribution is 6.30. The molecule has 1 fully saturated rings. The number of benzene rings is 1. The Labute approximate surface area is 101 Å². The van der Waals surface area contributed by atoms with E-state index in [4.69, 9.17) is 11.6 Å². The molecule has 3 heteroatoms. The van der Waals surface area contributed by atoms with Gasteiger partial charge in [0.05, 0.1) is 0 Å². The van der Waals surface area contributed by atoms with Gasteiger partial charge in [-0.1, -0.05) is 18.0 Å². The zero-order valence-electron chi connectivity index (χ0n) is 9.52. The number of nitrogens with one attached hydrogen (secondary N) is 1. The predicted octanol–water partition coefficient (Wildman–Crippen LogP) is 3.41. The lowest BCUT2D eigenvalue weighted by Gasteiger charge is -2.42. The Kier molecular flexibility index (Phi) is 3.50. The van der Waals surface area contributed by atoms with Gasteiger partial charge in [-0.05, 0) is 55.5 Å². The van der Waals surface area contributed by atoms with Crippen LogP contribution in [0, 0.1) is 11.2 Å². The van der Waals surface area contributed by atoms with E-state index < -0.39 is 0 Å². The second-order valence-electron chi connectivity index (χ2n) is 4.80. The van der Waals surface area contributed by atoms with Crippen molar-refractivity contribution in [3.05, 3.63) is 34.6 Å². The molecule has 2 rings (SSSR count). The van der Waals surface area contributed by atoms with Crippen molar-refractivity contribution in [2.45, 2.75) is 25.7 Å². The van der Waals surface area contributed by atoms with E-state index in [1.165, 1.54) is 25.3 Å². The number of halogens is 2. The summed E-state index contributed by atoms with van der Waals surface area (Å²) >= 11 is 5.90. The third-order valence-corrected chi connectivity index (χ3v) is 3.77. The number of hydrogen-bond donors (Lipinski definition) is 1. The first-order valence-electron chi connectivity index (χ1n) is 5.74. The van der Waals surface area contributed by atoms with Crippen LogP contribution < -0.4 is 5.32 Å². The van der Waals surface area contributed by atoms with E-state index in [1.807, 2.05) is 7.05 Å². The Morgan fingerprint density at radius 1 is 1.44 bits per heavy atom. The highest BCUT2D eigenvalue weighted by Crippen LogP contribution is 2.43. The van der Waals surface area contributed by atoms with E-state index in [9.17, 15) is 4.39 Å². The fraction of sp³-hybridized carbons (Fsp3) is 0.538. The first-order valence-corrected chi connectivity index (χ1v) is 6.12. The van der Waals surface area contributed by atoms with Gasteiger partial charge in [0.1, 0.15) is 5.82 Å². The summed E-state index contributed by atoms with van der Waals surface area (Å²) in [7, 11) is 1.95. The van der Waals surface area contributed by atoms with Crippen LogP contribution in [-0.2, 0) is 6.42 Å². The maximum absolute atomic E-state index is 13.6. The molecule has 1 saturated carbocycles. The van der Waals surface area contributed by atoms with E-state index in [2.05, 4.69) is 5.32 Å². The molecule has 0 heterocycles. The van der Waals surface area contributed by atoms with Gasteiger partial charge in [-0.25, -0.2) is 4.39 Å². The molecule has 1 aromatic carbocycles. The van der Waals surface area contributed by atoms with Crippen molar-refractivity contribution in [3.8, 4) is 0 Å². The fourth-order valence-corrected chi connectivity index (χ4v) is 2.75. The maximum Gasteiger partial charge on any atom is 0.126 e. The van der Waals surface area contributed by atoms with Crippen LogP contribution in [0.3, 0.4) is 0 Å². The molecule has 0 aromatic heterocycles. The Morgan fingerprint density at radius 3 is 2.75 bits per heavy atom. The van der Waals surface area contributed by atoms with Crippen LogP contribution >= 0.6 is 11.6 Å². The third-order valence-electron chi connectivity index (χ3n) is 3.54. The smallest absolute Gasteiger partial charge is 0.126 e. The Hall–Kier alpha value is -0.600. The first kappa shape index (κ1) is 11.9. The Morgan fingerprint density at radius 2 is 2.19 bits per heavy atom. The molecule has 1 aromatic rings. The van der Waals surface area contributed by atoms with E-state index in [0.29, 0.717) is 5.02 Å². The minimum absolute atomic E-state index is 0.133. The lowest BCUT2D eigenvalue weighted by atomic mass is 9.65. The third kappa shape index (κ3) is 2.38. The molecule has 0 unspecified atom stereocenters. The van der Waals surface area contributed by atoms with Gasteiger partial charge in [0.2, 0.25) is 0 Å². The van der Waals surface area contributed by atoms with Crippen LogP contribution in [0.25, 0.3) is 0 Å². The maximum atomic E-state index is 13.6. The van der Waals surface area contributed by atoms with E-state index >= 15 is 0 Å². The van der Waals surface area contributed by atoms with Gasteiger partial charge in [0.25, 0.3) is 0 Å². The van der Waals surface area contributed by atoms with Gasteiger partial charge in [-0.3, -0.25) is 0 Å². The van der Waals surface area contributed by atoms with Gasteiger partial charge in [-0.2, -0.15) is 0 Å². The minimum Gasteiger partial charge on any atom is -0.319 e. The first-order chi connectivity index (χ1) is 7.65. The van der Waals surface area contributed by atoms with Crippen molar-refractivity contribution in [2.24, 2.45) is 5.41 Å². The molecular formula is C13H17ClFN. The number of rotatable bonds is 4. The van der Waals surface area contributed by atoms with Crippen molar-refractivity contribution in [3.63, 3.8) is 0 Å². The van der Waals surface area contributed by atoms with Crippen molar-refractivity contribution in [1.29, 1.82) is 0 Å². The molecule has 0 radical (unpaired) electrons. The molecule has 1 aliphatic rings. The standard InChI is InChI=1S/C13H17ClFN/c1-16-9-13(5-2-6-13)8-10-7-11(14)3-4-12(10)15/h3-4,7,16H,2,5-6,8-9H2,1H3. The van der Waals surface area contributed by atoms with Crippen LogP contribution in [0.1, 0.15) is 24.8 Å². The SMILES string of the molecule is CNCC1(Cc2cc(Cl)ccc2F)CCC1. The average molecular weight is 242 g/mol. The van der Waals surface area contributed by atoms with Crippen molar-refractivity contribution < 1.29 is 4.39 Å². The van der Waals surface area contributed by atoms with E-state index in [0.717, 1.165) is 18.5 Å². The molecule has 1 N–H and O–H groups in total. The van der Waals surface area contributed by atoms with Crippen molar-refractivity contribution >= 4 is 11.6 Å². The van der Waals surface area contributed by atoms with Gasteiger partial charge in [0.15, 0.2) is 0 Å². The van der Waals surface area contributed by atoms with Crippen LogP contribution in [-0.4, -0.2) is 13.6 Å². The Bertz CT molecular complexity index is 374. The van der Waals surface area contributed by atoms with Gasteiger partial charge in [-0.15, -0.1) is 0 Å². The zero-order chi connectivity index (χ0) is 11.6. The van der Waals surface area contributed by atoms with E-state index in [-0.39, 0.29) is 11.2 Å². The topological polar surface area (TPSA) is 12.0 Å². The molecule has 0 bridgehead atoms. The molecule has 0 amide bonds. The summed E-state index contributed by atoms with van der Waals surface area (Å²) in [4.78, 5) is 0. The predicted molar refractivity (Wildman–Crippen MR) is 65.3 cm³/mol. The summed E-state index contributed by atoms with van der Waals surface area (Å²) in [5.41, 5.74) is 1.00. The molecule has 1 nitrogen and oxygen atoms in total. The monoisotopic (exact) mass is 241 g/mol. The fourth-order valence-electron chi connectivity index (χ4n) is 2.55. The largest absolute Gasteiger partial charge is 0.319 e. The van der Waals surface area contributed by atoms with Crippen LogP contribution in [0.2, 0.25) is 5.02 Å². The van der Waals surface area contributed by atoms with Crippen LogP contribution in [0.5, 0.6) is 0 Å². The van der Waals surface area contributed by atoms with E-state index in [1.54, 1.807) is 12.1 Å². The molecule has 88 valence electrons. The summed E-state index contributed by atoms with van der Waals surface area (Å²) < 4.78 is 13.6. The van der Waals surface area contributed by atoms with Gasteiger partial charge < -0.3 is 5.32 Å². The lowest BCUT2D eigenvalue weighted by molar-refractivity contribution is 0.132. The molecule has 0 atom stereocenters. The summed E-state index contributed by atoms with van der Waals surface area (Å²) in [5, 5.41) is 3.83. The molecule has 0 saturated heterocycles. The van der Waals surface area contributed by atoms with Crippen molar-refractivity contribution in [2.75, 3.05) is 13.6 Å². The van der Waals surface area contributed by atoms with Crippen LogP contribution in [0.15, 0.2) is 18.2 Å². The van der Waals surface area contributed by atoms with Gasteiger partial charge in [0, 0.05) is 11.6 Å². The zero-order valence-corrected chi connectivity index (χ0v) is 10.3. The molecule has 0 aliphatic heterocycles. The normalized spacial score (nSPS) is 18.2. The minimum atomic E-state index is -0.133. The lowest BCUT2D eigenvalue weighted by Crippen LogP contribution is -2.40. The van der Waals surface area contributed by atoms with Gasteiger partial charge >= 0.3 is 0 Å². The van der Waals surface area contributed by atoms with Crippen molar-refractivity contribution in [1.82, 2.24) is 5.32 Å². The Balaban J connectivity index is 2.15. The summed E-state index contributed by atoms with van der Waals surface area (Å²) in [6.07, 6.45) is 4.41. The number of hydrogen-bond acceptors (Lipinski definition) is 1. The average Bonchev–Trinajstić information content (AvgIpc) is 2.20. The molecular weight excluding hydrogens is 225 g/mol. The summed E-state index contributed by atoms with van der Waals surface area (Å²) in [6, 6.07) is 4.82. The molecule has 1 aliphatic carbocycles. The second kappa shape index (κ2) is 4.72. The highest BCUT2D eigenvalue weighted by Gasteiger charge is 2.36. The summed E-state index contributed by atoms with van der Waals surface area (Å²) in [5.74, 6) is -0.133. The summed E-state index contributed by atoms with van der Waals surface area (Å²) in [6.45, 7) is 0.957. The second-order valence-corrected chi connectivity index (χ2v) is 5.23. The van der Waals surface area contributed by atoms with Crippen LogP contribution in [0.4, 0.5) is 4.39 Å². The highest BCUT2D eigenvalue weighted by atomic mass is 35.5.